The van der Waals surface area contributed by atoms with Crippen LogP contribution in [-0.4, -0.2) is 14.1 Å². The summed E-state index contributed by atoms with van der Waals surface area (Å²) in [6.07, 6.45) is 1.28. The smallest absolute Gasteiger partial charge is 0.268 e. The minimum absolute atomic E-state index is 0. The second-order valence-electron chi connectivity index (χ2n) is 13.6. The molecule has 0 unspecified atom stereocenters. The summed E-state index contributed by atoms with van der Waals surface area (Å²) in [5.41, 5.74) is 0.720. The first-order valence-corrected chi connectivity index (χ1v) is 18.8. The van der Waals surface area contributed by atoms with Crippen LogP contribution in [0.25, 0.3) is 83.4 Å². The van der Waals surface area contributed by atoms with Gasteiger partial charge in [-0.15, -0.1) is 29.7 Å². The van der Waals surface area contributed by atoms with Gasteiger partial charge in [0.2, 0.25) is 0 Å². The van der Waals surface area contributed by atoms with E-state index in [2.05, 4.69) is 23.4 Å². The van der Waals surface area contributed by atoms with E-state index in [1.807, 2.05) is 6.07 Å². The number of nitrogens with zero attached hydrogens (tertiary/aromatic N) is 4. The molecular weight excluding hydrogens is 940 g/mol. The summed E-state index contributed by atoms with van der Waals surface area (Å²) >= 11 is 0. The van der Waals surface area contributed by atoms with Crippen molar-refractivity contribution in [2.45, 2.75) is 13.2 Å². The molecule has 0 spiro atoms. The Morgan fingerprint density at radius 1 is 0.645 bits per heavy atom. The molecule has 300 valence electrons. The predicted molar refractivity (Wildman–Crippen MR) is 246 cm³/mol. The van der Waals surface area contributed by atoms with Gasteiger partial charge in [-0.1, -0.05) is 164 Å². The van der Waals surface area contributed by atoms with Gasteiger partial charge in [-0.25, -0.2) is 4.98 Å². The summed E-state index contributed by atoms with van der Waals surface area (Å²) in [4.78, 5) is 4.63. The summed E-state index contributed by atoms with van der Waals surface area (Å²) in [7, 11) is 0. The number of para-hydroxylation sites is 4. The Morgan fingerprint density at radius 2 is 1.27 bits per heavy atom. The Balaban J connectivity index is 0.00000753. The molecule has 8 aromatic carbocycles. The molecule has 3 heterocycles. The Kier molecular flexibility index (Phi) is 6.03. The van der Waals surface area contributed by atoms with E-state index >= 15 is 0 Å². The fourth-order valence-electron chi connectivity index (χ4n) is 7.53. The first-order valence-electron chi connectivity index (χ1n) is 28.8. The Morgan fingerprint density at radius 3 is 1.98 bits per heavy atom. The van der Waals surface area contributed by atoms with E-state index in [-0.39, 0.29) is 71.9 Å². The second-order valence-corrected chi connectivity index (χ2v) is 13.6. The molecule has 0 bridgehead atoms. The third-order valence-corrected chi connectivity index (χ3v) is 10.2. The molecule has 0 fully saturated rings. The molecule has 0 N–H and O–H groups in total. The van der Waals surface area contributed by atoms with Crippen molar-refractivity contribution in [1.29, 1.82) is 0 Å². The average molecular weight is 998 g/mol. The molecule has 0 aliphatic rings. The van der Waals surface area contributed by atoms with Crippen molar-refractivity contribution in [2.24, 2.45) is 0 Å². The molecule has 3 aromatic heterocycles. The maximum Gasteiger partial charge on any atom is 0.268 e. The van der Waals surface area contributed by atoms with Gasteiger partial charge in [0, 0.05) is 56.7 Å². The van der Waals surface area contributed by atoms with Crippen LogP contribution in [0.4, 0.5) is 0 Å². The molecule has 5 nitrogen and oxygen atoms in total. The standard InChI is InChI=1S/C56H38N4O.Pt/c1-2-39-34-55(57-37-50(39)42-22-10-5-11-23-42)60-51-29-13-12-26-48(51)49-33-32-45(36-54(49)60)61-44-25-16-24-43(35-44)58-38-59(53-31-15-14-30-52(53)58)56-46(40-18-6-3-7-19-40)27-17-28-47(56)41-20-8-4-9-21-41;/h3-34,37H,2H2,1H3;/q-2;/i1D3,2D2,3D,4D,5D,6D,7D,8D,9D,10D,11D,18D,19D,20D,21D,22D,23D;. The van der Waals surface area contributed by atoms with Crippen molar-refractivity contribution in [3.63, 3.8) is 0 Å². The molecule has 0 aliphatic carbocycles. The Bertz CT molecular complexity index is 4330. The molecule has 0 atom stereocenters. The Hall–Kier alpha value is -7.33. The van der Waals surface area contributed by atoms with Crippen molar-refractivity contribution in [2.75, 3.05) is 0 Å². The summed E-state index contributed by atoms with van der Waals surface area (Å²) in [6.45, 7) is -3.30. The van der Waals surface area contributed by atoms with Crippen molar-refractivity contribution in [3.8, 4) is 62.1 Å². The summed E-state index contributed by atoms with van der Waals surface area (Å²) in [5.74, 6) is 0.326. The number of hydrogen-bond acceptors (Lipinski definition) is 2. The number of aryl methyl sites for hydroxylation is 1. The van der Waals surface area contributed by atoms with Crippen LogP contribution in [0.15, 0.2) is 200 Å². The van der Waals surface area contributed by atoms with E-state index in [9.17, 15) is 0 Å². The third-order valence-electron chi connectivity index (χ3n) is 10.2. The van der Waals surface area contributed by atoms with Crippen LogP contribution in [0.5, 0.6) is 11.5 Å². The van der Waals surface area contributed by atoms with Crippen LogP contribution < -0.4 is 9.30 Å². The minimum atomic E-state index is -3.30. The van der Waals surface area contributed by atoms with Gasteiger partial charge in [0.05, 0.1) is 37.3 Å². The fraction of sp³-hybridized carbons (Fsp3) is 0.0357. The van der Waals surface area contributed by atoms with Gasteiger partial charge < -0.3 is 13.9 Å². The molecule has 62 heavy (non-hydrogen) atoms. The van der Waals surface area contributed by atoms with Gasteiger partial charge in [0.1, 0.15) is 5.82 Å². The number of fused-ring (bicyclic) bond motifs is 4. The predicted octanol–water partition coefficient (Wildman–Crippen LogP) is 13.2. The van der Waals surface area contributed by atoms with Crippen molar-refractivity contribution >= 4 is 32.8 Å². The van der Waals surface area contributed by atoms with Crippen LogP contribution in [-0.2, 0) is 27.4 Å². The summed E-state index contributed by atoms with van der Waals surface area (Å²) < 4.78 is 183. The topological polar surface area (TPSA) is 35.9 Å². The maximum atomic E-state index is 9.01. The van der Waals surface area contributed by atoms with Crippen LogP contribution >= 0.6 is 0 Å². The van der Waals surface area contributed by atoms with Gasteiger partial charge in [-0.2, -0.15) is 18.2 Å². The molecule has 0 amide bonds. The van der Waals surface area contributed by atoms with Crippen molar-refractivity contribution in [3.05, 3.63) is 224 Å². The normalized spacial score (nSPS) is 16.3. The van der Waals surface area contributed by atoms with E-state index < -0.39 is 115 Å². The van der Waals surface area contributed by atoms with E-state index in [0.717, 1.165) is 6.20 Å². The van der Waals surface area contributed by atoms with E-state index in [0.29, 0.717) is 38.5 Å². The second kappa shape index (κ2) is 16.6. The van der Waals surface area contributed by atoms with Gasteiger partial charge >= 0.3 is 0 Å². The van der Waals surface area contributed by atoms with Crippen molar-refractivity contribution < 1.29 is 57.8 Å². The van der Waals surface area contributed by atoms with Gasteiger partial charge in [-0.05, 0) is 63.0 Å². The minimum Gasteiger partial charge on any atom is -0.510 e. The first kappa shape index (κ1) is 22.5. The SMILES string of the molecule is [2H]c1c([2H])c([2H])c(-c2cnc(-n3c4[c-]c(Oc5[c-]c(-n6[c-][n+](-c7c(-c8c([2H])c([2H])c([2H])c([2H])c8[2H])cccc7-c7c([2H])c([2H])c([2H])c([2H])c7[2H])c7ccccc76)ccc5)ccc4c4ccccc43)cc2C([2H])([2H])C([2H])([2H])[2H])c([2H])c1[2H].[Pt]. The quantitative estimate of drug-likeness (QED) is 0.107. The van der Waals surface area contributed by atoms with Crippen molar-refractivity contribution in [1.82, 2.24) is 14.1 Å². The molecular formula is C56H38N4OPt-2. The van der Waals surface area contributed by atoms with Crippen LogP contribution in [0.3, 0.4) is 0 Å². The van der Waals surface area contributed by atoms with Crippen LogP contribution in [0, 0.1) is 18.5 Å². The average Bonchev–Trinajstić information content (AvgIpc) is 4.16. The zero-order valence-corrected chi connectivity index (χ0v) is 34.2. The molecule has 0 saturated heterocycles. The molecule has 0 saturated carbocycles. The number of rotatable bonds is 9. The molecule has 0 radical (unpaired) electrons. The summed E-state index contributed by atoms with van der Waals surface area (Å²) in [5, 5.41) is 1.34. The fourth-order valence-corrected chi connectivity index (χ4v) is 7.53. The van der Waals surface area contributed by atoms with Gasteiger partial charge in [0.15, 0.2) is 0 Å². The number of imidazole rings is 1. The number of benzene rings is 8. The maximum absolute atomic E-state index is 9.01. The van der Waals surface area contributed by atoms with E-state index in [4.69, 9.17) is 32.2 Å². The first-order chi connectivity index (χ1) is 38.3. The van der Waals surface area contributed by atoms with E-state index in [1.165, 1.54) is 28.8 Å². The molecule has 11 aromatic rings. The molecule has 0 aliphatic heterocycles. The largest absolute Gasteiger partial charge is 0.510 e. The zero-order valence-electron chi connectivity index (χ0n) is 51.9. The number of ether oxygens (including phenoxy) is 1. The molecule has 6 heteroatoms. The van der Waals surface area contributed by atoms with Gasteiger partial charge in [0.25, 0.3) is 6.33 Å². The third kappa shape index (κ3) is 6.91. The number of aromatic nitrogens is 4. The van der Waals surface area contributed by atoms with E-state index in [1.54, 1.807) is 81.9 Å². The Labute approximate surface area is 403 Å². The van der Waals surface area contributed by atoms with Crippen LogP contribution in [0.2, 0.25) is 0 Å². The van der Waals surface area contributed by atoms with Crippen LogP contribution in [0.1, 0.15) is 39.8 Å². The van der Waals surface area contributed by atoms with Gasteiger partial charge in [-0.3, -0.25) is 4.57 Å². The number of pyridine rings is 1. The molecule has 11 rings (SSSR count). The summed E-state index contributed by atoms with van der Waals surface area (Å²) in [6, 6.07) is 25.6. The zero-order chi connectivity index (χ0) is 58.0. The monoisotopic (exact) mass is 997 g/mol. The number of hydrogen-bond donors (Lipinski definition) is 0.